The van der Waals surface area contributed by atoms with Crippen molar-refractivity contribution in [2.24, 2.45) is 0 Å². The fourth-order valence-corrected chi connectivity index (χ4v) is 5.07. The molecule has 4 rings (SSSR count). The number of hydrogen-bond acceptors (Lipinski definition) is 6. The van der Waals surface area contributed by atoms with Crippen molar-refractivity contribution in [1.82, 2.24) is 0 Å². The predicted molar refractivity (Wildman–Crippen MR) is 139 cm³/mol. The monoisotopic (exact) mass is 494 g/mol. The molecule has 1 heterocycles. The molecular weight excluding hydrogens is 460 g/mol. The predicted octanol–water partition coefficient (Wildman–Crippen LogP) is 5.21. The highest BCUT2D eigenvalue weighted by molar-refractivity contribution is 7.99. The van der Waals surface area contributed by atoms with E-state index in [0.29, 0.717) is 19.8 Å². The van der Waals surface area contributed by atoms with Gasteiger partial charge in [0.05, 0.1) is 26.4 Å². The van der Waals surface area contributed by atoms with E-state index in [4.69, 9.17) is 18.9 Å². The summed E-state index contributed by atoms with van der Waals surface area (Å²) in [6.07, 6.45) is -2.38. The minimum atomic E-state index is -0.885. The van der Waals surface area contributed by atoms with Crippen molar-refractivity contribution in [3.05, 3.63) is 108 Å². The van der Waals surface area contributed by atoms with Gasteiger partial charge < -0.3 is 24.1 Å². The van der Waals surface area contributed by atoms with Crippen LogP contribution in [-0.4, -0.2) is 47.3 Å². The maximum atomic E-state index is 11.3. The summed E-state index contributed by atoms with van der Waals surface area (Å²) >= 11 is 1.66. The normalized spacial score (nSPS) is 24.3. The Morgan fingerprint density at radius 3 is 1.71 bits per heavy atom. The fourth-order valence-electron chi connectivity index (χ4n) is 4.09. The van der Waals surface area contributed by atoms with Gasteiger partial charge in [-0.2, -0.15) is 0 Å². The Morgan fingerprint density at radius 2 is 1.20 bits per heavy atom. The van der Waals surface area contributed by atoms with E-state index in [1.165, 1.54) is 0 Å². The van der Waals surface area contributed by atoms with Crippen LogP contribution in [0.4, 0.5) is 0 Å². The van der Waals surface area contributed by atoms with Crippen LogP contribution in [0.1, 0.15) is 23.6 Å². The zero-order valence-electron chi connectivity index (χ0n) is 20.1. The maximum Gasteiger partial charge on any atom is 0.132 e. The Labute approximate surface area is 212 Å². The first kappa shape index (κ1) is 25.9. The smallest absolute Gasteiger partial charge is 0.132 e. The number of rotatable bonds is 12. The summed E-state index contributed by atoms with van der Waals surface area (Å²) in [4.78, 5) is 0. The quantitative estimate of drug-likeness (QED) is 0.373. The van der Waals surface area contributed by atoms with Gasteiger partial charge in [0.15, 0.2) is 0 Å². The second kappa shape index (κ2) is 13.8. The van der Waals surface area contributed by atoms with Gasteiger partial charge in [0.25, 0.3) is 0 Å². The lowest BCUT2D eigenvalue weighted by Crippen LogP contribution is -2.59. The van der Waals surface area contributed by atoms with Crippen molar-refractivity contribution < 1.29 is 24.1 Å². The molecule has 0 aliphatic carbocycles. The SMILES string of the molecule is CCSC1OC(COCc2ccccc2)C(O)C(OCc2ccccc2)C1OCc1ccccc1. The summed E-state index contributed by atoms with van der Waals surface area (Å²) in [7, 11) is 0. The number of benzene rings is 3. The van der Waals surface area contributed by atoms with Gasteiger partial charge in [-0.1, -0.05) is 97.9 Å². The van der Waals surface area contributed by atoms with Crippen LogP contribution >= 0.6 is 11.8 Å². The maximum absolute atomic E-state index is 11.3. The molecule has 0 saturated carbocycles. The minimum Gasteiger partial charge on any atom is -0.387 e. The topological polar surface area (TPSA) is 57.2 Å². The van der Waals surface area contributed by atoms with Gasteiger partial charge in [-0.15, -0.1) is 11.8 Å². The van der Waals surface area contributed by atoms with E-state index in [-0.39, 0.29) is 12.0 Å². The summed E-state index contributed by atoms with van der Waals surface area (Å²) in [6.45, 7) is 3.63. The van der Waals surface area contributed by atoms with Crippen molar-refractivity contribution in [3.8, 4) is 0 Å². The van der Waals surface area contributed by atoms with Crippen LogP contribution in [0.25, 0.3) is 0 Å². The molecule has 1 saturated heterocycles. The molecule has 0 radical (unpaired) electrons. The van der Waals surface area contributed by atoms with Crippen LogP contribution in [0, 0.1) is 0 Å². The molecule has 5 nitrogen and oxygen atoms in total. The molecule has 1 N–H and O–H groups in total. The Hall–Kier alpha value is -2.19. The zero-order chi connectivity index (χ0) is 24.3. The van der Waals surface area contributed by atoms with Crippen molar-refractivity contribution in [1.29, 1.82) is 0 Å². The van der Waals surface area contributed by atoms with Crippen molar-refractivity contribution in [2.45, 2.75) is 56.6 Å². The summed E-state index contributed by atoms with van der Waals surface area (Å²) in [5.74, 6) is 0.856. The molecule has 1 aliphatic rings. The van der Waals surface area contributed by atoms with Crippen molar-refractivity contribution in [2.75, 3.05) is 12.4 Å². The van der Waals surface area contributed by atoms with Gasteiger partial charge in [-0.3, -0.25) is 0 Å². The first-order chi connectivity index (χ1) is 17.2. The molecule has 3 aromatic rings. The van der Waals surface area contributed by atoms with Gasteiger partial charge in [-0.25, -0.2) is 0 Å². The molecule has 6 heteroatoms. The Balaban J connectivity index is 1.47. The van der Waals surface area contributed by atoms with Crippen LogP contribution < -0.4 is 0 Å². The first-order valence-electron chi connectivity index (χ1n) is 12.1. The third-order valence-electron chi connectivity index (χ3n) is 5.91. The van der Waals surface area contributed by atoms with Crippen molar-refractivity contribution in [3.63, 3.8) is 0 Å². The highest BCUT2D eigenvalue weighted by Gasteiger charge is 2.47. The van der Waals surface area contributed by atoms with Crippen LogP contribution in [0.5, 0.6) is 0 Å². The van der Waals surface area contributed by atoms with Crippen LogP contribution in [-0.2, 0) is 38.8 Å². The molecule has 5 unspecified atom stereocenters. The number of thioether (sulfide) groups is 1. The van der Waals surface area contributed by atoms with E-state index >= 15 is 0 Å². The highest BCUT2D eigenvalue weighted by Crippen LogP contribution is 2.33. The van der Waals surface area contributed by atoms with E-state index < -0.39 is 24.4 Å². The molecule has 3 aromatic carbocycles. The summed E-state index contributed by atoms with van der Waals surface area (Å²) in [6, 6.07) is 30.0. The first-order valence-corrected chi connectivity index (χ1v) is 13.2. The zero-order valence-corrected chi connectivity index (χ0v) is 20.9. The van der Waals surface area contributed by atoms with Gasteiger partial charge in [0.2, 0.25) is 0 Å². The van der Waals surface area contributed by atoms with Crippen LogP contribution in [0.15, 0.2) is 91.0 Å². The third-order valence-corrected chi connectivity index (χ3v) is 6.95. The van der Waals surface area contributed by atoms with E-state index in [9.17, 15) is 5.11 Å². The molecule has 1 aliphatic heterocycles. The van der Waals surface area contributed by atoms with Gasteiger partial charge in [0.1, 0.15) is 29.9 Å². The second-order valence-corrected chi connectivity index (χ2v) is 9.89. The Morgan fingerprint density at radius 1 is 0.714 bits per heavy atom. The molecule has 1 fully saturated rings. The lowest BCUT2D eigenvalue weighted by atomic mass is 9.99. The highest BCUT2D eigenvalue weighted by atomic mass is 32.2. The second-order valence-electron chi connectivity index (χ2n) is 8.51. The number of hydrogen-bond donors (Lipinski definition) is 1. The average Bonchev–Trinajstić information content (AvgIpc) is 2.90. The average molecular weight is 495 g/mol. The van der Waals surface area contributed by atoms with Crippen LogP contribution in [0.3, 0.4) is 0 Å². The largest absolute Gasteiger partial charge is 0.387 e. The third kappa shape index (κ3) is 7.64. The molecule has 0 aromatic heterocycles. The summed E-state index contributed by atoms with van der Waals surface area (Å²) < 4.78 is 25.0. The summed E-state index contributed by atoms with van der Waals surface area (Å²) in [5.41, 5.74) is 2.92. The number of aliphatic hydroxyl groups excluding tert-OH is 1. The molecule has 0 bridgehead atoms. The molecule has 0 amide bonds. The van der Waals surface area contributed by atoms with E-state index in [2.05, 4.69) is 6.92 Å². The Kier molecular flexibility index (Phi) is 10.2. The van der Waals surface area contributed by atoms with Gasteiger partial charge >= 0.3 is 0 Å². The van der Waals surface area contributed by atoms with Gasteiger partial charge in [0, 0.05) is 0 Å². The van der Waals surface area contributed by atoms with E-state index in [1.807, 2.05) is 91.0 Å². The van der Waals surface area contributed by atoms with E-state index in [1.54, 1.807) is 11.8 Å². The number of ether oxygens (including phenoxy) is 4. The van der Waals surface area contributed by atoms with Crippen molar-refractivity contribution >= 4 is 11.8 Å². The summed E-state index contributed by atoms with van der Waals surface area (Å²) in [5, 5.41) is 11.3. The fraction of sp³-hybridized carbons (Fsp3) is 0.379. The standard InChI is InChI=1S/C29H34O5S/c1-2-35-29-28(33-20-24-16-10-5-11-17-24)27(32-19-23-14-8-4-9-15-23)26(30)25(34-29)21-31-18-22-12-6-3-7-13-22/h3-17,25-30H,2,18-21H2,1H3. The van der Waals surface area contributed by atoms with E-state index in [0.717, 1.165) is 22.4 Å². The molecular formula is C29H34O5S. The minimum absolute atomic E-state index is 0.271. The molecule has 35 heavy (non-hydrogen) atoms. The molecule has 0 spiro atoms. The lowest BCUT2D eigenvalue weighted by molar-refractivity contribution is -0.240. The Bertz CT molecular complexity index is 972. The van der Waals surface area contributed by atoms with Gasteiger partial charge in [-0.05, 0) is 22.4 Å². The molecule has 5 atom stereocenters. The number of aliphatic hydroxyl groups is 1. The lowest BCUT2D eigenvalue weighted by Gasteiger charge is -2.44. The molecule has 186 valence electrons. The van der Waals surface area contributed by atoms with Crippen LogP contribution in [0.2, 0.25) is 0 Å².